The van der Waals surface area contributed by atoms with Crippen LogP contribution in [0.1, 0.15) is 5.56 Å². The molecule has 3 nitrogen and oxygen atoms in total. The minimum absolute atomic E-state index is 0.855. The molecule has 0 N–H and O–H groups in total. The molecular formula is C41H25NO2. The van der Waals surface area contributed by atoms with E-state index < -0.39 is 0 Å². The zero-order valence-corrected chi connectivity index (χ0v) is 24.0. The number of para-hydroxylation sites is 4. The molecule has 0 unspecified atom stereocenters. The zero-order chi connectivity index (χ0) is 28.9. The van der Waals surface area contributed by atoms with Gasteiger partial charge < -0.3 is 13.4 Å². The predicted molar refractivity (Wildman–Crippen MR) is 183 cm³/mol. The molecule has 3 heterocycles. The van der Waals surface area contributed by atoms with E-state index in [1.165, 1.54) is 21.5 Å². The average Bonchev–Trinajstić information content (AvgIpc) is 3.74. The molecule has 3 aromatic heterocycles. The van der Waals surface area contributed by atoms with Crippen LogP contribution in [0.5, 0.6) is 0 Å². The Labute approximate surface area is 252 Å². The molecule has 0 aliphatic carbocycles. The smallest absolute Gasteiger partial charge is 0.159 e. The predicted octanol–water partition coefficient (Wildman–Crippen LogP) is 11.7. The number of benzene rings is 7. The number of fused-ring (bicyclic) bond motifs is 10. The fraction of sp³-hybridized carbons (Fsp3) is 0.0244. The second-order valence-electron chi connectivity index (χ2n) is 11.7. The highest BCUT2D eigenvalue weighted by Crippen LogP contribution is 2.47. The SMILES string of the molecule is Cc1cccc2c1oc1c(-c3ccc4ccccc4c3)c3c(cc12)oc1c(-n2c4ccccc4c4ccccc42)cccc13. The van der Waals surface area contributed by atoms with Crippen molar-refractivity contribution in [2.45, 2.75) is 6.92 Å². The quantitative estimate of drug-likeness (QED) is 0.209. The minimum atomic E-state index is 0.855. The van der Waals surface area contributed by atoms with Gasteiger partial charge in [-0.25, -0.2) is 0 Å². The largest absolute Gasteiger partial charge is 0.455 e. The van der Waals surface area contributed by atoms with Crippen LogP contribution in [0.2, 0.25) is 0 Å². The molecule has 0 saturated heterocycles. The fourth-order valence-electron chi connectivity index (χ4n) is 7.31. The van der Waals surface area contributed by atoms with Gasteiger partial charge in [0.05, 0.1) is 16.7 Å². The first kappa shape index (κ1) is 23.7. The van der Waals surface area contributed by atoms with Crippen molar-refractivity contribution in [2.24, 2.45) is 0 Å². The molecule has 0 amide bonds. The van der Waals surface area contributed by atoms with E-state index in [4.69, 9.17) is 8.83 Å². The van der Waals surface area contributed by atoms with Crippen LogP contribution in [-0.4, -0.2) is 4.57 Å². The molecule has 10 rings (SSSR count). The molecule has 7 aromatic carbocycles. The lowest BCUT2D eigenvalue weighted by molar-refractivity contribution is 0.662. The molecule has 0 bridgehead atoms. The summed E-state index contributed by atoms with van der Waals surface area (Å²) in [5.41, 5.74) is 10.2. The third-order valence-corrected chi connectivity index (χ3v) is 9.28. The Morgan fingerprint density at radius 1 is 0.477 bits per heavy atom. The molecule has 44 heavy (non-hydrogen) atoms. The maximum atomic E-state index is 6.95. The van der Waals surface area contributed by atoms with Gasteiger partial charge in [-0.05, 0) is 59.2 Å². The lowest BCUT2D eigenvalue weighted by atomic mass is 9.94. The summed E-state index contributed by atoms with van der Waals surface area (Å²) in [6.45, 7) is 2.11. The van der Waals surface area contributed by atoms with Crippen molar-refractivity contribution in [3.63, 3.8) is 0 Å². The van der Waals surface area contributed by atoms with E-state index in [9.17, 15) is 0 Å². The molecule has 0 radical (unpaired) electrons. The van der Waals surface area contributed by atoms with Crippen LogP contribution in [0.15, 0.2) is 142 Å². The highest BCUT2D eigenvalue weighted by molar-refractivity contribution is 6.25. The van der Waals surface area contributed by atoms with Crippen LogP contribution < -0.4 is 0 Å². The maximum absolute atomic E-state index is 6.95. The normalized spacial score (nSPS) is 12.2. The highest BCUT2D eigenvalue weighted by atomic mass is 16.3. The molecule has 206 valence electrons. The second kappa shape index (κ2) is 8.62. The first-order valence-electron chi connectivity index (χ1n) is 15.0. The van der Waals surface area contributed by atoms with Crippen molar-refractivity contribution in [2.75, 3.05) is 0 Å². The molecule has 0 aliphatic rings. The molecule has 3 heteroatoms. The Morgan fingerprint density at radius 3 is 1.98 bits per heavy atom. The van der Waals surface area contributed by atoms with E-state index >= 15 is 0 Å². The topological polar surface area (TPSA) is 31.2 Å². The maximum Gasteiger partial charge on any atom is 0.159 e. The van der Waals surface area contributed by atoms with E-state index in [-0.39, 0.29) is 0 Å². The summed E-state index contributed by atoms with van der Waals surface area (Å²) in [5.74, 6) is 0. The Balaban J connectivity index is 1.38. The fourth-order valence-corrected chi connectivity index (χ4v) is 7.31. The van der Waals surface area contributed by atoms with E-state index in [2.05, 4.69) is 145 Å². The van der Waals surface area contributed by atoms with E-state index in [0.717, 1.165) is 77.3 Å². The summed E-state index contributed by atoms with van der Waals surface area (Å²) in [4.78, 5) is 0. The minimum Gasteiger partial charge on any atom is -0.455 e. The van der Waals surface area contributed by atoms with Crippen LogP contribution in [0.3, 0.4) is 0 Å². The van der Waals surface area contributed by atoms with Gasteiger partial charge in [-0.15, -0.1) is 0 Å². The summed E-state index contributed by atoms with van der Waals surface area (Å²) >= 11 is 0. The van der Waals surface area contributed by atoms with Gasteiger partial charge in [0.2, 0.25) is 0 Å². The summed E-state index contributed by atoms with van der Waals surface area (Å²) in [7, 11) is 0. The first-order chi connectivity index (χ1) is 21.7. The molecule has 10 aromatic rings. The molecule has 0 fully saturated rings. The van der Waals surface area contributed by atoms with Crippen molar-refractivity contribution >= 4 is 76.5 Å². The van der Waals surface area contributed by atoms with Crippen LogP contribution >= 0.6 is 0 Å². The molecule has 0 aliphatic heterocycles. The highest BCUT2D eigenvalue weighted by Gasteiger charge is 2.24. The van der Waals surface area contributed by atoms with Crippen molar-refractivity contribution in [1.82, 2.24) is 4.57 Å². The van der Waals surface area contributed by atoms with Gasteiger partial charge in [0.1, 0.15) is 16.7 Å². The van der Waals surface area contributed by atoms with Crippen molar-refractivity contribution in [1.29, 1.82) is 0 Å². The summed E-state index contributed by atoms with van der Waals surface area (Å²) in [6, 6.07) is 47.5. The molecule has 0 spiro atoms. The molecule has 0 atom stereocenters. The Hall–Kier alpha value is -5.80. The van der Waals surface area contributed by atoms with E-state index in [1.807, 2.05) is 0 Å². The second-order valence-corrected chi connectivity index (χ2v) is 11.7. The Bertz CT molecular complexity index is 2740. The third-order valence-electron chi connectivity index (χ3n) is 9.28. The first-order valence-corrected chi connectivity index (χ1v) is 15.0. The standard InChI is InChI=1S/C41H25NO2/c1-24-10-8-15-30-32-23-36-38(37(41(32)44-39(24)30)27-21-20-25-11-2-3-12-26(25)22-27)31-16-9-19-35(40(31)43-36)42-33-17-6-4-13-28(33)29-14-5-7-18-34(29)42/h2-23H,1H3. The number of furan rings is 2. The number of rotatable bonds is 2. The average molecular weight is 564 g/mol. The van der Waals surface area contributed by atoms with E-state index in [0.29, 0.717) is 0 Å². The van der Waals surface area contributed by atoms with Gasteiger partial charge >= 0.3 is 0 Å². The Morgan fingerprint density at radius 2 is 1.16 bits per heavy atom. The van der Waals surface area contributed by atoms with Crippen LogP contribution in [-0.2, 0) is 0 Å². The monoisotopic (exact) mass is 563 g/mol. The van der Waals surface area contributed by atoms with Crippen LogP contribution in [0, 0.1) is 6.92 Å². The number of hydrogen-bond acceptors (Lipinski definition) is 2. The lowest BCUT2D eigenvalue weighted by Crippen LogP contribution is -1.94. The van der Waals surface area contributed by atoms with Gasteiger partial charge in [-0.1, -0.05) is 103 Å². The van der Waals surface area contributed by atoms with Gasteiger partial charge in [-0.3, -0.25) is 0 Å². The molecular weight excluding hydrogens is 538 g/mol. The number of aromatic nitrogens is 1. The van der Waals surface area contributed by atoms with Crippen molar-refractivity contribution in [3.8, 4) is 16.8 Å². The van der Waals surface area contributed by atoms with Crippen LogP contribution in [0.4, 0.5) is 0 Å². The van der Waals surface area contributed by atoms with Crippen LogP contribution in [0.25, 0.3) is 93.3 Å². The summed E-state index contributed by atoms with van der Waals surface area (Å²) in [6.07, 6.45) is 0. The van der Waals surface area contributed by atoms with Gasteiger partial charge in [0.15, 0.2) is 5.58 Å². The van der Waals surface area contributed by atoms with Crippen molar-refractivity contribution < 1.29 is 8.83 Å². The van der Waals surface area contributed by atoms with Gasteiger partial charge in [-0.2, -0.15) is 0 Å². The molecule has 0 saturated carbocycles. The Kier molecular flexibility index (Phi) is 4.65. The van der Waals surface area contributed by atoms with E-state index in [1.54, 1.807) is 0 Å². The van der Waals surface area contributed by atoms with Crippen molar-refractivity contribution in [3.05, 3.63) is 139 Å². The summed E-state index contributed by atoms with van der Waals surface area (Å²) in [5, 5.41) is 9.18. The lowest BCUT2D eigenvalue weighted by Gasteiger charge is -2.09. The summed E-state index contributed by atoms with van der Waals surface area (Å²) < 4.78 is 16.1. The van der Waals surface area contributed by atoms with Gasteiger partial charge in [0.25, 0.3) is 0 Å². The third kappa shape index (κ3) is 3.10. The van der Waals surface area contributed by atoms with Gasteiger partial charge in [0, 0.05) is 37.9 Å². The number of aryl methyl sites for hydroxylation is 1. The number of nitrogens with zero attached hydrogens (tertiary/aromatic N) is 1. The number of hydrogen-bond donors (Lipinski definition) is 0. The zero-order valence-electron chi connectivity index (χ0n) is 24.0.